The lowest BCUT2D eigenvalue weighted by atomic mass is 10.0. The van der Waals surface area contributed by atoms with Gasteiger partial charge in [-0.1, -0.05) is 34.1 Å². The second-order valence-corrected chi connectivity index (χ2v) is 5.47. The third-order valence-electron chi connectivity index (χ3n) is 3.20. The Morgan fingerprint density at radius 2 is 1.95 bits per heavy atom. The number of carbonyl (C=O) groups is 1. The third kappa shape index (κ3) is 2.87. The van der Waals surface area contributed by atoms with Crippen molar-refractivity contribution in [2.45, 2.75) is 6.61 Å². The van der Waals surface area contributed by atoms with Crippen LogP contribution in [0.1, 0.15) is 11.1 Å². The minimum atomic E-state index is -2.89. The summed E-state index contributed by atoms with van der Waals surface area (Å²) in [4.78, 5) is 12.1. The molecule has 112 valence electrons. The summed E-state index contributed by atoms with van der Waals surface area (Å²) in [5, 5.41) is 2.76. The molecule has 0 saturated carbocycles. The van der Waals surface area contributed by atoms with Crippen LogP contribution in [0.2, 0.25) is 0 Å². The average molecular weight is 366 g/mol. The first-order valence-electron chi connectivity index (χ1n) is 6.41. The van der Waals surface area contributed by atoms with Gasteiger partial charge in [0, 0.05) is 21.3 Å². The fraction of sp³-hybridized carbons (Fsp3) is 0.0625. The van der Waals surface area contributed by atoms with Crippen molar-refractivity contribution < 1.29 is 18.3 Å². The maximum absolute atomic E-state index is 12.3. The van der Waals surface area contributed by atoms with Crippen molar-refractivity contribution in [2.24, 2.45) is 0 Å². The summed E-state index contributed by atoms with van der Waals surface area (Å²) in [5.74, 6) is -0.190. The Balaban J connectivity index is 2.03. The van der Waals surface area contributed by atoms with Gasteiger partial charge in [0.05, 0.1) is 0 Å². The zero-order chi connectivity index (χ0) is 15.7. The highest BCUT2D eigenvalue weighted by molar-refractivity contribution is 9.10. The molecule has 3 nitrogen and oxygen atoms in total. The molecule has 0 radical (unpaired) electrons. The van der Waals surface area contributed by atoms with E-state index in [1.165, 1.54) is 12.1 Å². The van der Waals surface area contributed by atoms with Gasteiger partial charge in [-0.2, -0.15) is 8.78 Å². The largest absolute Gasteiger partial charge is 0.435 e. The Labute approximate surface area is 133 Å². The van der Waals surface area contributed by atoms with E-state index in [-0.39, 0.29) is 11.7 Å². The van der Waals surface area contributed by atoms with Gasteiger partial charge in [-0.15, -0.1) is 0 Å². The van der Waals surface area contributed by atoms with Gasteiger partial charge in [0.15, 0.2) is 0 Å². The molecule has 0 aromatic heterocycles. The second kappa shape index (κ2) is 5.88. The second-order valence-electron chi connectivity index (χ2n) is 4.62. The van der Waals surface area contributed by atoms with Gasteiger partial charge in [0.2, 0.25) is 0 Å². The van der Waals surface area contributed by atoms with Crippen LogP contribution in [0.4, 0.5) is 14.5 Å². The molecule has 6 heteroatoms. The molecule has 0 spiro atoms. The smallest absolute Gasteiger partial charge is 0.387 e. The molecule has 2 aromatic carbocycles. The topological polar surface area (TPSA) is 38.3 Å². The van der Waals surface area contributed by atoms with E-state index in [1.807, 2.05) is 18.2 Å². The summed E-state index contributed by atoms with van der Waals surface area (Å²) in [7, 11) is 0. The average Bonchev–Trinajstić information content (AvgIpc) is 2.78. The number of benzene rings is 2. The maximum atomic E-state index is 12.3. The lowest BCUT2D eigenvalue weighted by Gasteiger charge is -2.07. The van der Waals surface area contributed by atoms with Crippen LogP contribution in [0.15, 0.2) is 46.9 Å². The maximum Gasteiger partial charge on any atom is 0.387 e. The molecular weight excluding hydrogens is 356 g/mol. The van der Waals surface area contributed by atoms with Crippen LogP contribution in [0.3, 0.4) is 0 Å². The van der Waals surface area contributed by atoms with Crippen LogP contribution in [0, 0.1) is 0 Å². The first-order chi connectivity index (χ1) is 10.5. The predicted octanol–water partition coefficient (Wildman–Crippen LogP) is 4.54. The zero-order valence-electron chi connectivity index (χ0n) is 11.1. The van der Waals surface area contributed by atoms with E-state index in [0.717, 1.165) is 11.3 Å². The number of hydrogen-bond donors (Lipinski definition) is 1. The van der Waals surface area contributed by atoms with Crippen LogP contribution >= 0.6 is 15.9 Å². The Morgan fingerprint density at radius 3 is 2.73 bits per heavy atom. The van der Waals surface area contributed by atoms with Crippen molar-refractivity contribution in [3.8, 4) is 5.75 Å². The number of amides is 1. The van der Waals surface area contributed by atoms with E-state index < -0.39 is 6.61 Å². The Hall–Kier alpha value is -2.21. The highest BCUT2D eigenvalue weighted by Crippen LogP contribution is 2.34. The molecule has 1 aliphatic heterocycles. The molecule has 1 heterocycles. The van der Waals surface area contributed by atoms with Crippen LogP contribution < -0.4 is 10.1 Å². The van der Waals surface area contributed by atoms with Crippen molar-refractivity contribution >= 4 is 39.2 Å². The molecule has 1 aliphatic rings. The number of halogens is 3. The Bertz CT molecular complexity index is 774. The number of ether oxygens (including phenoxy) is 1. The molecule has 0 unspecified atom stereocenters. The molecule has 2 aromatic rings. The van der Waals surface area contributed by atoms with Gasteiger partial charge in [-0.25, -0.2) is 0 Å². The van der Waals surface area contributed by atoms with Crippen molar-refractivity contribution in [3.05, 3.63) is 58.1 Å². The lowest BCUT2D eigenvalue weighted by molar-refractivity contribution is -0.110. The molecule has 0 atom stereocenters. The molecule has 0 saturated heterocycles. The van der Waals surface area contributed by atoms with Crippen molar-refractivity contribution in [1.82, 2.24) is 0 Å². The number of fused-ring (bicyclic) bond motifs is 1. The van der Waals surface area contributed by atoms with E-state index in [0.29, 0.717) is 15.6 Å². The van der Waals surface area contributed by atoms with Crippen molar-refractivity contribution in [1.29, 1.82) is 0 Å². The Kier molecular flexibility index (Phi) is 3.94. The molecule has 0 aliphatic carbocycles. The van der Waals surface area contributed by atoms with Crippen molar-refractivity contribution in [3.63, 3.8) is 0 Å². The third-order valence-corrected chi connectivity index (χ3v) is 3.92. The number of nitrogens with one attached hydrogen (secondary N) is 1. The van der Waals surface area contributed by atoms with E-state index in [1.54, 1.807) is 18.2 Å². The summed E-state index contributed by atoms with van der Waals surface area (Å²) < 4.78 is 29.7. The van der Waals surface area contributed by atoms with E-state index >= 15 is 0 Å². The van der Waals surface area contributed by atoms with Gasteiger partial charge >= 0.3 is 6.61 Å². The molecule has 0 fully saturated rings. The van der Waals surface area contributed by atoms with Gasteiger partial charge in [-0.3, -0.25) is 4.79 Å². The van der Waals surface area contributed by atoms with Crippen LogP contribution in [0.5, 0.6) is 5.75 Å². The normalized spacial score (nSPS) is 15.1. The molecule has 1 N–H and O–H groups in total. The summed E-state index contributed by atoms with van der Waals surface area (Å²) in [5.41, 5.74) is 2.57. The number of para-hydroxylation sites is 1. The highest BCUT2D eigenvalue weighted by Gasteiger charge is 2.23. The van der Waals surface area contributed by atoms with Gasteiger partial charge in [0.25, 0.3) is 5.91 Å². The molecule has 0 bridgehead atoms. The minimum Gasteiger partial charge on any atom is -0.435 e. The van der Waals surface area contributed by atoms with E-state index in [4.69, 9.17) is 0 Å². The fourth-order valence-electron chi connectivity index (χ4n) is 2.25. The SMILES string of the molecule is O=C1Nc2ccccc2/C1=C\c1cc(OC(F)F)ccc1Br. The zero-order valence-corrected chi connectivity index (χ0v) is 12.7. The summed E-state index contributed by atoms with van der Waals surface area (Å²) in [6.45, 7) is -2.89. The monoisotopic (exact) mass is 365 g/mol. The van der Waals surface area contributed by atoms with E-state index in [2.05, 4.69) is 26.0 Å². The quantitative estimate of drug-likeness (QED) is 0.810. The number of rotatable bonds is 3. The number of alkyl halides is 2. The molecule has 22 heavy (non-hydrogen) atoms. The first kappa shape index (κ1) is 14.7. The highest BCUT2D eigenvalue weighted by atomic mass is 79.9. The standard InChI is InChI=1S/C16H10BrF2NO2/c17-13-6-5-10(22-16(18)19)7-9(13)8-12-11-3-1-2-4-14(11)20-15(12)21/h1-8,16H,(H,20,21)/b12-8+. The number of anilines is 1. The van der Waals surface area contributed by atoms with E-state index in [9.17, 15) is 13.6 Å². The summed E-state index contributed by atoms with van der Waals surface area (Å²) in [6, 6.07) is 11.8. The lowest BCUT2D eigenvalue weighted by Crippen LogP contribution is -2.04. The molecular formula is C16H10BrF2NO2. The molecule has 3 rings (SSSR count). The van der Waals surface area contributed by atoms with Crippen LogP contribution in [0.25, 0.3) is 11.6 Å². The molecule has 1 amide bonds. The van der Waals surface area contributed by atoms with Gasteiger partial charge in [0.1, 0.15) is 5.75 Å². The van der Waals surface area contributed by atoms with Crippen LogP contribution in [-0.2, 0) is 4.79 Å². The van der Waals surface area contributed by atoms with Gasteiger partial charge < -0.3 is 10.1 Å². The summed E-state index contributed by atoms with van der Waals surface area (Å²) >= 11 is 3.34. The van der Waals surface area contributed by atoms with Crippen molar-refractivity contribution in [2.75, 3.05) is 5.32 Å². The Morgan fingerprint density at radius 1 is 1.18 bits per heavy atom. The summed E-state index contributed by atoms with van der Waals surface area (Å²) in [6.07, 6.45) is 1.64. The van der Waals surface area contributed by atoms with Gasteiger partial charge in [-0.05, 0) is 35.9 Å². The predicted molar refractivity (Wildman–Crippen MR) is 83.7 cm³/mol. The first-order valence-corrected chi connectivity index (χ1v) is 7.21. The van der Waals surface area contributed by atoms with Crippen LogP contribution in [-0.4, -0.2) is 12.5 Å². The minimum absolute atomic E-state index is 0.0386. The number of hydrogen-bond acceptors (Lipinski definition) is 2. The fourth-order valence-corrected chi connectivity index (χ4v) is 2.61. The number of carbonyl (C=O) groups excluding carboxylic acids is 1.